The number of nitrogens with zero attached hydrogens (tertiary/aromatic N) is 4. The number of hydrogen-bond donors (Lipinski definition) is 3. The van der Waals surface area contributed by atoms with Gasteiger partial charge in [0.15, 0.2) is 0 Å². The molecule has 5 rings (SSSR count). The first kappa shape index (κ1) is 23.1. The summed E-state index contributed by atoms with van der Waals surface area (Å²) >= 11 is 4.34. The van der Waals surface area contributed by atoms with Crippen molar-refractivity contribution in [1.82, 2.24) is 9.78 Å². The van der Waals surface area contributed by atoms with Crippen molar-refractivity contribution in [3.8, 4) is 23.6 Å². The average Bonchev–Trinajstić information content (AvgIpc) is 3.56. The Balaban J connectivity index is 1.25. The number of rotatable bonds is 6. The van der Waals surface area contributed by atoms with E-state index >= 15 is 0 Å². The molecule has 1 aromatic heterocycles. The van der Waals surface area contributed by atoms with E-state index in [0.29, 0.717) is 33.9 Å². The van der Waals surface area contributed by atoms with Gasteiger partial charge in [0.1, 0.15) is 5.82 Å². The third-order valence-electron chi connectivity index (χ3n) is 5.68. The Labute approximate surface area is 212 Å². The summed E-state index contributed by atoms with van der Waals surface area (Å²) in [5.74, 6) is 2.55. The van der Waals surface area contributed by atoms with Gasteiger partial charge in [-0.15, -0.1) is 29.3 Å². The number of amides is 2. The van der Waals surface area contributed by atoms with Crippen LogP contribution >= 0.6 is 12.6 Å². The van der Waals surface area contributed by atoms with Crippen molar-refractivity contribution in [3.05, 3.63) is 101 Å². The first-order valence-corrected chi connectivity index (χ1v) is 11.4. The predicted octanol–water partition coefficient (Wildman–Crippen LogP) is 5.08. The molecule has 0 spiro atoms. The summed E-state index contributed by atoms with van der Waals surface area (Å²) in [7, 11) is 1.75. The monoisotopic (exact) mass is 492 g/mol. The first-order chi connectivity index (χ1) is 17.3. The Morgan fingerprint density at radius 1 is 0.917 bits per heavy atom. The second-order valence-corrected chi connectivity index (χ2v) is 8.79. The molecule has 0 bridgehead atoms. The van der Waals surface area contributed by atoms with Crippen LogP contribution in [0.1, 0.15) is 31.8 Å². The molecular weight excluding hydrogens is 472 g/mol. The number of nitrogens with one attached hydrogen (secondary N) is 2. The SMILES string of the molecule is C#Cc1cccc(C(=O)Nc2cc(-c3ccc(NC(=O)c4ccc(C5(S)N=N5)cc4)cc3)nn2C)c1. The molecule has 36 heavy (non-hydrogen) atoms. The van der Waals surface area contributed by atoms with Gasteiger partial charge in [-0.2, -0.15) is 5.10 Å². The number of aromatic nitrogens is 2. The van der Waals surface area contributed by atoms with Crippen LogP contribution < -0.4 is 10.6 Å². The van der Waals surface area contributed by atoms with Crippen LogP contribution in [0, 0.1) is 12.3 Å². The van der Waals surface area contributed by atoms with E-state index in [-0.39, 0.29) is 11.8 Å². The molecule has 1 aliphatic heterocycles. The van der Waals surface area contributed by atoms with Gasteiger partial charge in [-0.1, -0.05) is 36.3 Å². The third-order valence-corrected chi connectivity index (χ3v) is 6.11. The number of aryl methyl sites for hydroxylation is 1. The lowest BCUT2D eigenvalue weighted by atomic mass is 10.1. The molecule has 9 heteroatoms. The molecule has 0 fully saturated rings. The van der Waals surface area contributed by atoms with Gasteiger partial charge in [-0.05, 0) is 42.5 Å². The number of terminal acetylenes is 1. The first-order valence-electron chi connectivity index (χ1n) is 11.0. The minimum absolute atomic E-state index is 0.232. The smallest absolute Gasteiger partial charge is 0.258 e. The fourth-order valence-electron chi connectivity index (χ4n) is 3.60. The summed E-state index contributed by atoms with van der Waals surface area (Å²) in [6, 6.07) is 22.9. The van der Waals surface area contributed by atoms with Crippen LogP contribution in [0.15, 0.2) is 89.1 Å². The molecule has 3 aromatic carbocycles. The number of hydrogen-bond acceptors (Lipinski definition) is 6. The van der Waals surface area contributed by atoms with Crippen molar-refractivity contribution in [2.24, 2.45) is 17.3 Å². The fourth-order valence-corrected chi connectivity index (χ4v) is 3.79. The van der Waals surface area contributed by atoms with Crippen molar-refractivity contribution in [2.75, 3.05) is 10.6 Å². The highest BCUT2D eigenvalue weighted by atomic mass is 32.1. The Bertz CT molecular complexity index is 1540. The average molecular weight is 493 g/mol. The second-order valence-electron chi connectivity index (χ2n) is 8.16. The summed E-state index contributed by atoms with van der Waals surface area (Å²) < 4.78 is 1.59. The number of anilines is 2. The number of thiol groups is 1. The van der Waals surface area contributed by atoms with Crippen LogP contribution in [0.3, 0.4) is 0 Å². The molecule has 2 amide bonds. The van der Waals surface area contributed by atoms with Crippen LogP contribution in [0.4, 0.5) is 11.5 Å². The van der Waals surface area contributed by atoms with Gasteiger partial charge in [0.25, 0.3) is 16.8 Å². The van der Waals surface area contributed by atoms with Gasteiger partial charge in [0.2, 0.25) is 0 Å². The molecule has 4 aromatic rings. The zero-order valence-electron chi connectivity index (χ0n) is 19.1. The molecule has 0 unspecified atom stereocenters. The Hall–Kier alpha value is -4.68. The van der Waals surface area contributed by atoms with Gasteiger partial charge in [-0.25, -0.2) is 0 Å². The number of benzene rings is 3. The van der Waals surface area contributed by atoms with E-state index in [1.54, 1.807) is 78.5 Å². The largest absolute Gasteiger partial charge is 0.322 e. The summed E-state index contributed by atoms with van der Waals surface area (Å²) in [6.45, 7) is 0. The zero-order chi connectivity index (χ0) is 25.3. The van der Waals surface area contributed by atoms with Gasteiger partial charge in [-0.3, -0.25) is 14.3 Å². The lowest BCUT2D eigenvalue weighted by molar-refractivity contribution is 0.101. The quantitative estimate of drug-likeness (QED) is 0.258. The second kappa shape index (κ2) is 9.17. The molecule has 0 aliphatic carbocycles. The molecule has 0 radical (unpaired) electrons. The molecule has 0 saturated heterocycles. The highest BCUT2D eigenvalue weighted by molar-refractivity contribution is 7.81. The van der Waals surface area contributed by atoms with Crippen molar-refractivity contribution in [1.29, 1.82) is 0 Å². The molecule has 2 N–H and O–H groups in total. The van der Waals surface area contributed by atoms with Crippen LogP contribution in [0.2, 0.25) is 0 Å². The number of carbonyl (C=O) groups excluding carboxylic acids is 2. The maximum Gasteiger partial charge on any atom is 0.258 e. The van der Waals surface area contributed by atoms with Crippen LogP contribution in [-0.4, -0.2) is 21.6 Å². The molecule has 1 aliphatic rings. The van der Waals surface area contributed by atoms with E-state index in [0.717, 1.165) is 11.1 Å². The standard InChI is InChI=1S/C27H20N6O2S/c1-3-17-5-4-6-20(15-17)26(35)29-24-16-23(30-33(24)2)18-9-13-22(14-10-18)28-25(34)19-7-11-21(12-8-19)27(36)31-32-27/h1,4-16,36H,2H3,(H,28,34)(H,29,35). The molecule has 0 saturated carbocycles. The van der Waals surface area contributed by atoms with Crippen molar-refractivity contribution >= 4 is 35.9 Å². The minimum atomic E-state index is -0.772. The van der Waals surface area contributed by atoms with E-state index in [4.69, 9.17) is 6.42 Å². The van der Waals surface area contributed by atoms with Gasteiger partial charge >= 0.3 is 0 Å². The molecular formula is C27H20N6O2S. The van der Waals surface area contributed by atoms with Crippen LogP contribution in [-0.2, 0) is 12.0 Å². The lowest BCUT2D eigenvalue weighted by Crippen LogP contribution is -2.14. The molecule has 2 heterocycles. The molecule has 8 nitrogen and oxygen atoms in total. The third kappa shape index (κ3) is 4.76. The predicted molar refractivity (Wildman–Crippen MR) is 141 cm³/mol. The highest BCUT2D eigenvalue weighted by Gasteiger charge is 2.37. The Kier molecular flexibility index (Phi) is 5.88. The van der Waals surface area contributed by atoms with Gasteiger partial charge in [0.05, 0.1) is 5.69 Å². The number of carbonyl (C=O) groups is 2. The molecule has 176 valence electrons. The highest BCUT2D eigenvalue weighted by Crippen LogP contribution is 2.43. The van der Waals surface area contributed by atoms with Gasteiger partial charge < -0.3 is 10.6 Å². The van der Waals surface area contributed by atoms with Crippen LogP contribution in [0.25, 0.3) is 11.3 Å². The fraction of sp³-hybridized carbons (Fsp3) is 0.0741. The summed E-state index contributed by atoms with van der Waals surface area (Å²) in [5.41, 5.74) is 4.58. The maximum atomic E-state index is 12.6. The molecule has 0 atom stereocenters. The maximum absolute atomic E-state index is 12.6. The summed E-state index contributed by atoms with van der Waals surface area (Å²) in [5, 5.41) is 18.0. The van der Waals surface area contributed by atoms with E-state index in [1.807, 2.05) is 12.1 Å². The Morgan fingerprint density at radius 3 is 2.28 bits per heavy atom. The van der Waals surface area contributed by atoms with E-state index < -0.39 is 4.99 Å². The minimum Gasteiger partial charge on any atom is -0.322 e. The zero-order valence-corrected chi connectivity index (χ0v) is 20.0. The lowest BCUT2D eigenvalue weighted by Gasteiger charge is -2.08. The van der Waals surface area contributed by atoms with E-state index in [1.165, 1.54) is 0 Å². The van der Waals surface area contributed by atoms with E-state index in [9.17, 15) is 9.59 Å². The summed E-state index contributed by atoms with van der Waals surface area (Å²) in [6.07, 6.45) is 5.42. The van der Waals surface area contributed by atoms with Gasteiger partial charge in [0, 0.05) is 46.6 Å². The van der Waals surface area contributed by atoms with Crippen molar-refractivity contribution in [3.63, 3.8) is 0 Å². The normalized spacial score (nSPS) is 13.0. The van der Waals surface area contributed by atoms with E-state index in [2.05, 4.69) is 44.5 Å². The topological polar surface area (TPSA) is 101 Å². The van der Waals surface area contributed by atoms with Crippen LogP contribution in [0.5, 0.6) is 0 Å². The summed E-state index contributed by atoms with van der Waals surface area (Å²) in [4.78, 5) is 24.5. The van der Waals surface area contributed by atoms with Crippen molar-refractivity contribution < 1.29 is 9.59 Å². The van der Waals surface area contributed by atoms with Crippen molar-refractivity contribution in [2.45, 2.75) is 4.99 Å². The Morgan fingerprint density at radius 2 is 1.61 bits per heavy atom.